The number of hydrogen-bond donors (Lipinski definition) is 1. The summed E-state index contributed by atoms with van der Waals surface area (Å²) in [6, 6.07) is 4.82. The summed E-state index contributed by atoms with van der Waals surface area (Å²) < 4.78 is 0. The summed E-state index contributed by atoms with van der Waals surface area (Å²) in [5.41, 5.74) is 0. The van der Waals surface area contributed by atoms with Gasteiger partial charge in [-0.1, -0.05) is 6.07 Å². The largest absolute Gasteiger partial charge is 0.352 e. The molecule has 0 aromatic carbocycles. The standard InChI is InChI=1S/C16H25N3OS/c1-13(16(20)17-14-4-5-14)19-10-8-18(9-11-19)7-6-15-3-2-12-21-15/h2-3,12-14H,4-11H2,1H3,(H,17,20)/t13-/m1/s1. The fraction of sp³-hybridized carbons (Fsp3) is 0.688. The summed E-state index contributed by atoms with van der Waals surface area (Å²) in [6.45, 7) is 7.34. The Morgan fingerprint density at radius 2 is 2.14 bits per heavy atom. The van der Waals surface area contributed by atoms with Crippen LogP contribution in [-0.2, 0) is 11.2 Å². The van der Waals surface area contributed by atoms with Crippen molar-refractivity contribution in [2.24, 2.45) is 0 Å². The number of nitrogens with one attached hydrogen (secondary N) is 1. The van der Waals surface area contributed by atoms with Gasteiger partial charge in [-0.2, -0.15) is 0 Å². The monoisotopic (exact) mass is 307 g/mol. The Hall–Kier alpha value is -0.910. The predicted octanol–water partition coefficient (Wildman–Crippen LogP) is 1.58. The van der Waals surface area contributed by atoms with E-state index in [9.17, 15) is 4.79 Å². The topological polar surface area (TPSA) is 35.6 Å². The highest BCUT2D eigenvalue weighted by Crippen LogP contribution is 2.19. The van der Waals surface area contributed by atoms with Crippen LogP contribution in [0.15, 0.2) is 17.5 Å². The minimum absolute atomic E-state index is 0.0186. The molecule has 1 aromatic heterocycles. The maximum Gasteiger partial charge on any atom is 0.237 e. The van der Waals surface area contributed by atoms with Crippen LogP contribution in [0.25, 0.3) is 0 Å². The maximum atomic E-state index is 12.1. The fourth-order valence-corrected chi connectivity index (χ4v) is 3.51. The molecule has 0 unspecified atom stereocenters. The highest BCUT2D eigenvalue weighted by atomic mass is 32.1. The summed E-state index contributed by atoms with van der Waals surface area (Å²) in [6.07, 6.45) is 3.47. The van der Waals surface area contributed by atoms with Gasteiger partial charge in [-0.05, 0) is 37.6 Å². The van der Waals surface area contributed by atoms with E-state index in [4.69, 9.17) is 0 Å². The average molecular weight is 307 g/mol. The first-order chi connectivity index (χ1) is 10.2. The number of thiophene rings is 1. The zero-order valence-electron chi connectivity index (χ0n) is 12.8. The normalized spacial score (nSPS) is 22.1. The number of hydrogen-bond acceptors (Lipinski definition) is 4. The molecule has 1 N–H and O–H groups in total. The number of carbonyl (C=O) groups is 1. The first kappa shape index (κ1) is 15.0. The Morgan fingerprint density at radius 3 is 2.76 bits per heavy atom. The molecule has 1 saturated heterocycles. The second-order valence-electron chi connectivity index (χ2n) is 6.17. The fourth-order valence-electron chi connectivity index (χ4n) is 2.81. The molecular weight excluding hydrogens is 282 g/mol. The van der Waals surface area contributed by atoms with Crippen LogP contribution in [0.3, 0.4) is 0 Å². The van der Waals surface area contributed by atoms with E-state index in [0.29, 0.717) is 6.04 Å². The van der Waals surface area contributed by atoms with Gasteiger partial charge in [-0.15, -0.1) is 11.3 Å². The zero-order valence-corrected chi connectivity index (χ0v) is 13.6. The van der Waals surface area contributed by atoms with Crippen molar-refractivity contribution in [2.75, 3.05) is 32.7 Å². The molecule has 0 spiro atoms. The van der Waals surface area contributed by atoms with E-state index in [1.165, 1.54) is 4.88 Å². The van der Waals surface area contributed by atoms with Crippen molar-refractivity contribution in [2.45, 2.75) is 38.3 Å². The van der Waals surface area contributed by atoms with Crippen molar-refractivity contribution in [1.82, 2.24) is 15.1 Å². The van der Waals surface area contributed by atoms with Crippen molar-refractivity contribution in [1.29, 1.82) is 0 Å². The first-order valence-electron chi connectivity index (χ1n) is 8.01. The van der Waals surface area contributed by atoms with Gasteiger partial charge in [0.25, 0.3) is 0 Å². The van der Waals surface area contributed by atoms with Crippen molar-refractivity contribution in [3.8, 4) is 0 Å². The van der Waals surface area contributed by atoms with Crippen molar-refractivity contribution in [3.05, 3.63) is 22.4 Å². The van der Waals surface area contributed by atoms with Gasteiger partial charge in [0.2, 0.25) is 5.91 Å². The number of carbonyl (C=O) groups excluding carboxylic acids is 1. The molecule has 1 saturated carbocycles. The SMILES string of the molecule is C[C@H](C(=O)NC1CC1)N1CCN(CCc2cccs2)CC1. The second kappa shape index (κ2) is 6.90. The number of amides is 1. The van der Waals surface area contributed by atoms with Crippen LogP contribution in [0.2, 0.25) is 0 Å². The van der Waals surface area contributed by atoms with Gasteiger partial charge in [0.15, 0.2) is 0 Å². The average Bonchev–Trinajstić information content (AvgIpc) is 3.16. The Bertz CT molecular complexity index is 450. The first-order valence-corrected chi connectivity index (χ1v) is 8.89. The zero-order chi connectivity index (χ0) is 14.7. The van der Waals surface area contributed by atoms with Crippen LogP contribution < -0.4 is 5.32 Å². The van der Waals surface area contributed by atoms with E-state index in [0.717, 1.165) is 52.0 Å². The summed E-state index contributed by atoms with van der Waals surface area (Å²) in [5, 5.41) is 5.26. The molecule has 2 aliphatic rings. The third-order valence-electron chi connectivity index (χ3n) is 4.51. The lowest BCUT2D eigenvalue weighted by Crippen LogP contribution is -2.54. The number of rotatable bonds is 6. The van der Waals surface area contributed by atoms with Gasteiger partial charge in [0, 0.05) is 43.6 Å². The van der Waals surface area contributed by atoms with Crippen LogP contribution in [0.1, 0.15) is 24.6 Å². The Labute approximate surface area is 131 Å². The van der Waals surface area contributed by atoms with E-state index in [-0.39, 0.29) is 11.9 Å². The lowest BCUT2D eigenvalue weighted by molar-refractivity contribution is -0.126. The van der Waals surface area contributed by atoms with Gasteiger partial charge in [0.1, 0.15) is 0 Å². The van der Waals surface area contributed by atoms with Crippen molar-refractivity contribution >= 4 is 17.2 Å². The molecule has 1 aliphatic heterocycles. The quantitative estimate of drug-likeness (QED) is 0.867. The molecule has 2 fully saturated rings. The van der Waals surface area contributed by atoms with E-state index in [1.54, 1.807) is 0 Å². The summed E-state index contributed by atoms with van der Waals surface area (Å²) in [5.74, 6) is 0.213. The highest BCUT2D eigenvalue weighted by molar-refractivity contribution is 7.09. The molecule has 116 valence electrons. The molecule has 1 amide bonds. The minimum Gasteiger partial charge on any atom is -0.352 e. The third kappa shape index (κ3) is 4.28. The molecule has 4 nitrogen and oxygen atoms in total. The third-order valence-corrected chi connectivity index (χ3v) is 5.45. The smallest absolute Gasteiger partial charge is 0.237 e. The molecular formula is C16H25N3OS. The highest BCUT2D eigenvalue weighted by Gasteiger charge is 2.29. The molecule has 21 heavy (non-hydrogen) atoms. The van der Waals surface area contributed by atoms with Crippen LogP contribution in [0, 0.1) is 0 Å². The van der Waals surface area contributed by atoms with E-state index >= 15 is 0 Å². The maximum absolute atomic E-state index is 12.1. The summed E-state index contributed by atoms with van der Waals surface area (Å²) in [7, 11) is 0. The Morgan fingerprint density at radius 1 is 1.38 bits per heavy atom. The molecule has 5 heteroatoms. The van der Waals surface area contributed by atoms with Crippen LogP contribution in [0.5, 0.6) is 0 Å². The van der Waals surface area contributed by atoms with E-state index in [1.807, 2.05) is 18.3 Å². The molecule has 0 radical (unpaired) electrons. The van der Waals surface area contributed by atoms with E-state index < -0.39 is 0 Å². The lowest BCUT2D eigenvalue weighted by atomic mass is 10.2. The van der Waals surface area contributed by atoms with Gasteiger partial charge in [-0.3, -0.25) is 9.69 Å². The van der Waals surface area contributed by atoms with Gasteiger partial charge in [0.05, 0.1) is 6.04 Å². The van der Waals surface area contributed by atoms with Crippen LogP contribution >= 0.6 is 11.3 Å². The van der Waals surface area contributed by atoms with Crippen molar-refractivity contribution < 1.29 is 4.79 Å². The second-order valence-corrected chi connectivity index (χ2v) is 7.20. The molecule has 2 heterocycles. The van der Waals surface area contributed by atoms with E-state index in [2.05, 4.69) is 32.6 Å². The lowest BCUT2D eigenvalue weighted by Gasteiger charge is -2.37. The Balaban J connectivity index is 1.38. The van der Waals surface area contributed by atoms with Gasteiger partial charge in [-0.25, -0.2) is 0 Å². The molecule has 0 bridgehead atoms. The molecule has 1 aromatic rings. The Kier molecular flexibility index (Phi) is 4.93. The van der Waals surface area contributed by atoms with Crippen LogP contribution in [0.4, 0.5) is 0 Å². The van der Waals surface area contributed by atoms with Crippen molar-refractivity contribution in [3.63, 3.8) is 0 Å². The van der Waals surface area contributed by atoms with Gasteiger partial charge < -0.3 is 10.2 Å². The molecule has 1 atom stereocenters. The summed E-state index contributed by atoms with van der Waals surface area (Å²) in [4.78, 5) is 18.4. The summed E-state index contributed by atoms with van der Waals surface area (Å²) >= 11 is 1.84. The van der Waals surface area contributed by atoms with Gasteiger partial charge >= 0.3 is 0 Å². The molecule has 3 rings (SSSR count). The number of piperazine rings is 1. The minimum atomic E-state index is 0.0186. The van der Waals surface area contributed by atoms with Crippen LogP contribution in [-0.4, -0.2) is 60.5 Å². The molecule has 1 aliphatic carbocycles. The number of nitrogens with zero attached hydrogens (tertiary/aromatic N) is 2. The predicted molar refractivity (Wildman–Crippen MR) is 86.7 cm³/mol.